The van der Waals surface area contributed by atoms with Crippen LogP contribution in [0.4, 0.5) is 0 Å². The first-order valence-electron chi connectivity index (χ1n) is 7.40. The Balaban J connectivity index is 2.31. The number of piperidine rings is 1. The summed E-state index contributed by atoms with van der Waals surface area (Å²) in [6.07, 6.45) is 5.01. The number of sulfonamides is 1. The molecule has 0 bridgehead atoms. The van der Waals surface area contributed by atoms with Gasteiger partial charge in [0.05, 0.1) is 4.90 Å². The molecular weight excluding hydrogens is 272 g/mol. The van der Waals surface area contributed by atoms with Crippen molar-refractivity contribution in [2.45, 2.75) is 56.5 Å². The van der Waals surface area contributed by atoms with E-state index in [1.807, 2.05) is 6.07 Å². The highest BCUT2D eigenvalue weighted by molar-refractivity contribution is 7.89. The molecule has 2 N–H and O–H groups in total. The van der Waals surface area contributed by atoms with Crippen molar-refractivity contribution in [2.75, 3.05) is 6.54 Å². The van der Waals surface area contributed by atoms with Crippen LogP contribution in [0.2, 0.25) is 0 Å². The highest BCUT2D eigenvalue weighted by Crippen LogP contribution is 2.28. The van der Waals surface area contributed by atoms with Crippen LogP contribution in [0.25, 0.3) is 0 Å². The van der Waals surface area contributed by atoms with Gasteiger partial charge in [-0.25, -0.2) is 8.42 Å². The summed E-state index contributed by atoms with van der Waals surface area (Å²) in [4.78, 5) is 0.378. The fourth-order valence-corrected chi connectivity index (χ4v) is 4.67. The molecule has 4 nitrogen and oxygen atoms in total. The maximum absolute atomic E-state index is 12.8. The predicted octanol–water partition coefficient (Wildman–Crippen LogP) is 2.49. The minimum Gasteiger partial charge on any atom is -0.326 e. The lowest BCUT2D eigenvalue weighted by Gasteiger charge is -2.34. The zero-order valence-electron chi connectivity index (χ0n) is 12.1. The molecule has 2 rings (SSSR count). The van der Waals surface area contributed by atoms with Gasteiger partial charge in [0, 0.05) is 19.1 Å². The normalized spacial score (nSPS) is 21.0. The van der Waals surface area contributed by atoms with Crippen molar-refractivity contribution in [3.63, 3.8) is 0 Å². The molecule has 5 heteroatoms. The monoisotopic (exact) mass is 296 g/mol. The van der Waals surface area contributed by atoms with Gasteiger partial charge in [0.1, 0.15) is 0 Å². The van der Waals surface area contributed by atoms with E-state index in [0.717, 1.165) is 37.7 Å². The average Bonchev–Trinajstić information content (AvgIpc) is 2.48. The molecule has 0 amide bonds. The standard InChI is InChI=1S/C15H24N2O2S/c1-2-6-14-8-3-4-10-17(14)20(18,19)15-9-5-7-13(11-15)12-16/h5,7,9,11,14H,2-4,6,8,10,12,16H2,1H3. The number of hydrogen-bond acceptors (Lipinski definition) is 3. The summed E-state index contributed by atoms with van der Waals surface area (Å²) in [5.74, 6) is 0. The van der Waals surface area contributed by atoms with E-state index in [0.29, 0.717) is 18.0 Å². The van der Waals surface area contributed by atoms with E-state index < -0.39 is 10.0 Å². The summed E-state index contributed by atoms with van der Waals surface area (Å²) in [7, 11) is -3.39. The highest BCUT2D eigenvalue weighted by atomic mass is 32.2. The van der Waals surface area contributed by atoms with Gasteiger partial charge >= 0.3 is 0 Å². The Morgan fingerprint density at radius 3 is 2.85 bits per heavy atom. The van der Waals surface area contributed by atoms with E-state index in [9.17, 15) is 8.42 Å². The molecule has 0 spiro atoms. The molecule has 112 valence electrons. The smallest absolute Gasteiger partial charge is 0.243 e. The SMILES string of the molecule is CCCC1CCCCN1S(=O)(=O)c1cccc(CN)c1. The van der Waals surface area contributed by atoms with Crippen molar-refractivity contribution >= 4 is 10.0 Å². The molecule has 1 aliphatic rings. The summed E-state index contributed by atoms with van der Waals surface area (Å²) < 4.78 is 27.4. The summed E-state index contributed by atoms with van der Waals surface area (Å²) >= 11 is 0. The maximum Gasteiger partial charge on any atom is 0.243 e. The first-order chi connectivity index (χ1) is 9.59. The van der Waals surface area contributed by atoms with Crippen LogP contribution in [0.15, 0.2) is 29.2 Å². The molecule has 1 fully saturated rings. The van der Waals surface area contributed by atoms with Crippen molar-refractivity contribution in [3.05, 3.63) is 29.8 Å². The second-order valence-corrected chi connectivity index (χ2v) is 7.30. The number of nitrogens with two attached hydrogens (primary N) is 1. The van der Waals surface area contributed by atoms with Crippen LogP contribution in [0.1, 0.15) is 44.6 Å². The van der Waals surface area contributed by atoms with E-state index in [1.54, 1.807) is 22.5 Å². The highest BCUT2D eigenvalue weighted by Gasteiger charge is 2.32. The molecular formula is C15H24N2O2S. The van der Waals surface area contributed by atoms with E-state index >= 15 is 0 Å². The molecule has 0 radical (unpaired) electrons. The Morgan fingerprint density at radius 1 is 1.35 bits per heavy atom. The van der Waals surface area contributed by atoms with E-state index in [1.165, 1.54) is 0 Å². The zero-order chi connectivity index (χ0) is 14.6. The minimum atomic E-state index is -3.39. The van der Waals surface area contributed by atoms with E-state index in [-0.39, 0.29) is 6.04 Å². The molecule has 1 atom stereocenters. The summed E-state index contributed by atoms with van der Waals surface area (Å²) in [6, 6.07) is 7.16. The molecule has 0 aromatic heterocycles. The Morgan fingerprint density at radius 2 is 2.15 bits per heavy atom. The Kier molecular flexibility index (Phi) is 5.18. The van der Waals surface area contributed by atoms with Crippen molar-refractivity contribution < 1.29 is 8.42 Å². The Bertz CT molecular complexity index is 541. The third-order valence-electron chi connectivity index (χ3n) is 3.94. The van der Waals surface area contributed by atoms with Crippen LogP contribution in [-0.2, 0) is 16.6 Å². The first-order valence-corrected chi connectivity index (χ1v) is 8.84. The Hall–Kier alpha value is -0.910. The quantitative estimate of drug-likeness (QED) is 0.908. The summed E-state index contributed by atoms with van der Waals surface area (Å²) in [5.41, 5.74) is 6.46. The van der Waals surface area contributed by atoms with Crippen LogP contribution in [-0.4, -0.2) is 25.3 Å². The van der Waals surface area contributed by atoms with Gasteiger partial charge in [-0.15, -0.1) is 0 Å². The van der Waals surface area contributed by atoms with Gasteiger partial charge in [-0.05, 0) is 37.0 Å². The number of nitrogens with zero attached hydrogens (tertiary/aromatic N) is 1. The predicted molar refractivity (Wildman–Crippen MR) is 80.8 cm³/mol. The summed E-state index contributed by atoms with van der Waals surface area (Å²) in [6.45, 7) is 3.11. The molecule has 1 saturated heterocycles. The topological polar surface area (TPSA) is 63.4 Å². The second kappa shape index (κ2) is 6.70. The molecule has 1 aromatic rings. The number of rotatable bonds is 5. The van der Waals surface area contributed by atoms with Crippen LogP contribution in [0, 0.1) is 0 Å². The summed E-state index contributed by atoms with van der Waals surface area (Å²) in [5, 5.41) is 0. The lowest BCUT2D eigenvalue weighted by atomic mass is 10.0. The third-order valence-corrected chi connectivity index (χ3v) is 5.88. The molecule has 0 saturated carbocycles. The van der Waals surface area contributed by atoms with Crippen LogP contribution < -0.4 is 5.73 Å². The second-order valence-electron chi connectivity index (χ2n) is 5.41. The van der Waals surface area contributed by atoms with Gasteiger partial charge in [-0.1, -0.05) is 31.9 Å². The van der Waals surface area contributed by atoms with Gasteiger partial charge in [-0.3, -0.25) is 0 Å². The minimum absolute atomic E-state index is 0.153. The molecule has 20 heavy (non-hydrogen) atoms. The lowest BCUT2D eigenvalue weighted by Crippen LogP contribution is -2.43. The molecule has 1 heterocycles. The fourth-order valence-electron chi connectivity index (χ4n) is 2.88. The molecule has 1 aliphatic heterocycles. The van der Waals surface area contributed by atoms with E-state index in [4.69, 9.17) is 5.73 Å². The van der Waals surface area contributed by atoms with Crippen LogP contribution >= 0.6 is 0 Å². The fraction of sp³-hybridized carbons (Fsp3) is 0.600. The van der Waals surface area contributed by atoms with Gasteiger partial charge in [0.2, 0.25) is 10.0 Å². The molecule has 0 aliphatic carbocycles. The Labute approximate surface area is 122 Å². The zero-order valence-corrected chi connectivity index (χ0v) is 12.9. The average molecular weight is 296 g/mol. The largest absolute Gasteiger partial charge is 0.326 e. The number of hydrogen-bond donors (Lipinski definition) is 1. The number of benzene rings is 1. The first kappa shape index (κ1) is 15.5. The van der Waals surface area contributed by atoms with Crippen LogP contribution in [0.5, 0.6) is 0 Å². The lowest BCUT2D eigenvalue weighted by molar-refractivity contribution is 0.239. The third kappa shape index (κ3) is 3.22. The van der Waals surface area contributed by atoms with Gasteiger partial charge < -0.3 is 5.73 Å². The van der Waals surface area contributed by atoms with Crippen LogP contribution in [0.3, 0.4) is 0 Å². The van der Waals surface area contributed by atoms with Crippen molar-refractivity contribution in [2.24, 2.45) is 5.73 Å². The molecule has 1 unspecified atom stereocenters. The van der Waals surface area contributed by atoms with Crippen molar-refractivity contribution in [1.29, 1.82) is 0 Å². The van der Waals surface area contributed by atoms with Crippen molar-refractivity contribution in [1.82, 2.24) is 4.31 Å². The van der Waals surface area contributed by atoms with Gasteiger partial charge in [0.25, 0.3) is 0 Å². The van der Waals surface area contributed by atoms with Crippen molar-refractivity contribution in [3.8, 4) is 0 Å². The maximum atomic E-state index is 12.8. The molecule has 1 aromatic carbocycles. The van der Waals surface area contributed by atoms with Gasteiger partial charge in [-0.2, -0.15) is 4.31 Å². The van der Waals surface area contributed by atoms with Gasteiger partial charge in [0.15, 0.2) is 0 Å². The van der Waals surface area contributed by atoms with E-state index in [2.05, 4.69) is 6.92 Å².